The Hall–Kier alpha value is -2.35. The second-order valence-electron chi connectivity index (χ2n) is 8.02. The van der Waals surface area contributed by atoms with Crippen LogP contribution >= 0.6 is 0 Å². The van der Waals surface area contributed by atoms with E-state index in [0.717, 1.165) is 56.3 Å². The number of nitrogens with one attached hydrogen (secondary N) is 1. The number of likely N-dealkylation sites (tertiary alicyclic amines) is 1. The molecule has 3 aliphatic rings. The molecule has 3 heterocycles. The monoisotopic (exact) mass is 387 g/mol. The summed E-state index contributed by atoms with van der Waals surface area (Å²) in [6, 6.07) is 3.48. The molecule has 2 fully saturated rings. The smallest absolute Gasteiger partial charge is 0.226 e. The number of carbonyl (C=O) groups is 1. The highest BCUT2D eigenvalue weighted by Gasteiger charge is 2.47. The van der Waals surface area contributed by atoms with Crippen molar-refractivity contribution in [2.24, 2.45) is 5.92 Å². The van der Waals surface area contributed by atoms with Crippen LogP contribution in [-0.2, 0) is 17.9 Å². The lowest BCUT2D eigenvalue weighted by atomic mass is 9.95. The molecule has 0 radical (unpaired) electrons. The third-order valence-electron chi connectivity index (χ3n) is 6.29. The second-order valence-corrected chi connectivity index (χ2v) is 8.02. The molecule has 1 aromatic heterocycles. The molecule has 1 aliphatic carbocycles. The molecule has 8 heteroatoms. The first-order chi connectivity index (χ1) is 13.6. The van der Waals surface area contributed by atoms with Gasteiger partial charge < -0.3 is 14.8 Å². The Balaban J connectivity index is 1.21. The van der Waals surface area contributed by atoms with E-state index in [1.807, 2.05) is 4.90 Å². The number of aromatic nitrogens is 3. The molecule has 0 bridgehead atoms. The van der Waals surface area contributed by atoms with E-state index < -0.39 is 11.6 Å². The highest BCUT2D eigenvalue weighted by molar-refractivity contribution is 5.83. The molecule has 2 unspecified atom stereocenters. The van der Waals surface area contributed by atoms with Gasteiger partial charge in [-0.15, -0.1) is 10.2 Å². The van der Waals surface area contributed by atoms with Crippen LogP contribution in [0.4, 0.5) is 8.78 Å². The van der Waals surface area contributed by atoms with Crippen molar-refractivity contribution in [2.45, 2.75) is 44.2 Å². The molecule has 6 nitrogen and oxygen atoms in total. The number of hydrogen-bond acceptors (Lipinski definition) is 4. The van der Waals surface area contributed by atoms with Crippen LogP contribution < -0.4 is 5.32 Å². The summed E-state index contributed by atoms with van der Waals surface area (Å²) in [7, 11) is 0. The minimum atomic E-state index is -0.456. The van der Waals surface area contributed by atoms with Crippen LogP contribution in [0.3, 0.4) is 0 Å². The van der Waals surface area contributed by atoms with E-state index in [0.29, 0.717) is 31.0 Å². The van der Waals surface area contributed by atoms with Crippen molar-refractivity contribution in [3.05, 3.63) is 47.0 Å². The van der Waals surface area contributed by atoms with Gasteiger partial charge in [-0.05, 0) is 48.9 Å². The Morgan fingerprint density at radius 3 is 2.79 bits per heavy atom. The van der Waals surface area contributed by atoms with Crippen LogP contribution in [0.5, 0.6) is 0 Å². The van der Waals surface area contributed by atoms with Crippen molar-refractivity contribution < 1.29 is 13.6 Å². The van der Waals surface area contributed by atoms with Crippen molar-refractivity contribution in [2.75, 3.05) is 19.6 Å². The van der Waals surface area contributed by atoms with Crippen LogP contribution in [0.1, 0.15) is 48.3 Å². The summed E-state index contributed by atoms with van der Waals surface area (Å²) in [4.78, 5) is 14.7. The number of benzene rings is 1. The molecule has 28 heavy (non-hydrogen) atoms. The van der Waals surface area contributed by atoms with Crippen molar-refractivity contribution >= 4 is 5.91 Å². The van der Waals surface area contributed by atoms with Crippen molar-refractivity contribution in [1.82, 2.24) is 25.0 Å². The molecule has 0 spiro atoms. The Bertz CT molecular complexity index is 906. The highest BCUT2D eigenvalue weighted by Crippen LogP contribution is 2.49. The SMILES string of the molecule is O=C(C1CC1c1cc(F)ccc1F)N1CCC(c2nnc3n2CCNC3)CC1. The van der Waals surface area contributed by atoms with Gasteiger partial charge in [0.15, 0.2) is 0 Å². The quantitative estimate of drug-likeness (QED) is 0.877. The Kier molecular flexibility index (Phi) is 4.38. The minimum Gasteiger partial charge on any atom is -0.342 e. The summed E-state index contributed by atoms with van der Waals surface area (Å²) < 4.78 is 29.6. The van der Waals surface area contributed by atoms with Crippen molar-refractivity contribution in [1.29, 1.82) is 0 Å². The van der Waals surface area contributed by atoms with Gasteiger partial charge in [-0.25, -0.2) is 8.78 Å². The van der Waals surface area contributed by atoms with Crippen molar-refractivity contribution in [3.8, 4) is 0 Å². The number of nitrogens with zero attached hydrogens (tertiary/aromatic N) is 4. The number of halogens is 2. The normalized spacial score (nSPS) is 24.9. The largest absolute Gasteiger partial charge is 0.342 e. The average molecular weight is 387 g/mol. The maximum Gasteiger partial charge on any atom is 0.226 e. The molecule has 2 aliphatic heterocycles. The van der Waals surface area contributed by atoms with Gasteiger partial charge in [0.25, 0.3) is 0 Å². The van der Waals surface area contributed by atoms with E-state index in [1.54, 1.807) is 0 Å². The maximum atomic E-state index is 14.0. The fourth-order valence-electron chi connectivity index (χ4n) is 4.62. The predicted molar refractivity (Wildman–Crippen MR) is 97.5 cm³/mol. The van der Waals surface area contributed by atoms with E-state index in [9.17, 15) is 13.6 Å². The summed E-state index contributed by atoms with van der Waals surface area (Å²) >= 11 is 0. The summed E-state index contributed by atoms with van der Waals surface area (Å²) in [5.41, 5.74) is 0.330. The maximum absolute atomic E-state index is 14.0. The lowest BCUT2D eigenvalue weighted by Crippen LogP contribution is -2.40. The molecule has 2 aromatic rings. The third kappa shape index (κ3) is 3.09. The molecule has 1 aromatic carbocycles. The van der Waals surface area contributed by atoms with E-state index in [2.05, 4.69) is 20.1 Å². The Labute approximate surface area is 161 Å². The summed E-state index contributed by atoms with van der Waals surface area (Å²) in [6.45, 7) is 3.93. The molecular weight excluding hydrogens is 364 g/mol. The Morgan fingerprint density at radius 1 is 1.14 bits per heavy atom. The second kappa shape index (κ2) is 6.92. The Morgan fingerprint density at radius 2 is 1.96 bits per heavy atom. The molecular formula is C20H23F2N5O. The van der Waals surface area contributed by atoms with Gasteiger partial charge in [0.05, 0.1) is 6.54 Å². The van der Waals surface area contributed by atoms with Crippen LogP contribution in [0, 0.1) is 17.6 Å². The highest BCUT2D eigenvalue weighted by atomic mass is 19.1. The van der Waals surface area contributed by atoms with Crippen LogP contribution in [0.15, 0.2) is 18.2 Å². The van der Waals surface area contributed by atoms with E-state index in [4.69, 9.17) is 0 Å². The van der Waals surface area contributed by atoms with E-state index in [1.165, 1.54) is 6.07 Å². The van der Waals surface area contributed by atoms with Gasteiger partial charge in [0.2, 0.25) is 5.91 Å². The lowest BCUT2D eigenvalue weighted by molar-refractivity contribution is -0.133. The lowest BCUT2D eigenvalue weighted by Gasteiger charge is -2.32. The number of carbonyl (C=O) groups excluding carboxylic acids is 1. The van der Waals surface area contributed by atoms with Crippen molar-refractivity contribution in [3.63, 3.8) is 0 Å². The standard InChI is InChI=1S/C20H23F2N5O/c21-13-1-2-17(22)15(9-13)14-10-16(14)20(28)26-6-3-12(4-7-26)19-25-24-18-11-23-5-8-27(18)19/h1-2,9,12,14,16,23H,3-8,10-11H2. The first-order valence-corrected chi connectivity index (χ1v) is 9.98. The zero-order valence-electron chi connectivity index (χ0n) is 15.6. The van der Waals surface area contributed by atoms with Gasteiger partial charge in [0, 0.05) is 38.0 Å². The van der Waals surface area contributed by atoms with E-state index >= 15 is 0 Å². The van der Waals surface area contributed by atoms with Crippen LogP contribution in [0.25, 0.3) is 0 Å². The molecule has 5 rings (SSSR count). The summed E-state index contributed by atoms with van der Waals surface area (Å²) in [6.07, 6.45) is 2.33. The average Bonchev–Trinajstić information content (AvgIpc) is 3.40. The molecule has 1 amide bonds. The predicted octanol–water partition coefficient (Wildman–Crippen LogP) is 2.17. The number of piperidine rings is 1. The van der Waals surface area contributed by atoms with Crippen LogP contribution in [0.2, 0.25) is 0 Å². The molecule has 1 N–H and O–H groups in total. The summed E-state index contributed by atoms with van der Waals surface area (Å²) in [5, 5.41) is 12.0. The first-order valence-electron chi connectivity index (χ1n) is 9.98. The topological polar surface area (TPSA) is 63.1 Å². The van der Waals surface area contributed by atoms with E-state index in [-0.39, 0.29) is 17.7 Å². The zero-order valence-corrected chi connectivity index (χ0v) is 15.6. The fraction of sp³-hybridized carbons (Fsp3) is 0.550. The number of hydrogen-bond donors (Lipinski definition) is 1. The number of fused-ring (bicyclic) bond motifs is 1. The van der Waals surface area contributed by atoms with Gasteiger partial charge in [0.1, 0.15) is 23.3 Å². The van der Waals surface area contributed by atoms with Gasteiger partial charge >= 0.3 is 0 Å². The first kappa shape index (κ1) is 17.7. The molecule has 148 valence electrons. The molecule has 2 atom stereocenters. The fourth-order valence-corrected chi connectivity index (χ4v) is 4.62. The zero-order chi connectivity index (χ0) is 19.3. The van der Waals surface area contributed by atoms with Gasteiger partial charge in [-0.3, -0.25) is 4.79 Å². The third-order valence-corrected chi connectivity index (χ3v) is 6.29. The number of amides is 1. The van der Waals surface area contributed by atoms with Crippen LogP contribution in [-0.4, -0.2) is 45.2 Å². The minimum absolute atomic E-state index is 0.0691. The molecule has 1 saturated carbocycles. The van der Waals surface area contributed by atoms with Gasteiger partial charge in [-0.2, -0.15) is 0 Å². The number of rotatable bonds is 3. The van der Waals surface area contributed by atoms with Gasteiger partial charge in [-0.1, -0.05) is 0 Å². The summed E-state index contributed by atoms with van der Waals surface area (Å²) in [5.74, 6) is 1.11. The molecule has 1 saturated heterocycles.